The van der Waals surface area contributed by atoms with Gasteiger partial charge in [0.2, 0.25) is 5.03 Å². The number of anilines is 1. The summed E-state index contributed by atoms with van der Waals surface area (Å²) in [5, 5.41) is -0.647. The van der Waals surface area contributed by atoms with Crippen molar-refractivity contribution in [3.8, 4) is 0 Å². The molecule has 0 saturated carbocycles. The molecular weight excluding hydrogens is 286 g/mol. The summed E-state index contributed by atoms with van der Waals surface area (Å²) in [4.78, 5) is 3.58. The Morgan fingerprint density at radius 3 is 2.35 bits per heavy atom. The van der Waals surface area contributed by atoms with Gasteiger partial charge in [-0.3, -0.25) is 4.31 Å². The number of sulfonamides is 1. The Morgan fingerprint density at radius 1 is 1.15 bits per heavy atom. The van der Waals surface area contributed by atoms with E-state index < -0.39 is 26.7 Å². The monoisotopic (exact) mass is 298 g/mol. The van der Waals surface area contributed by atoms with Crippen molar-refractivity contribution in [2.45, 2.75) is 11.9 Å². The maximum Gasteiger partial charge on any atom is 0.284 e. The van der Waals surface area contributed by atoms with Gasteiger partial charge < -0.3 is 0 Å². The van der Waals surface area contributed by atoms with Crippen LogP contribution in [0.3, 0.4) is 0 Å². The lowest BCUT2D eigenvalue weighted by molar-refractivity contribution is 0.551. The van der Waals surface area contributed by atoms with Crippen LogP contribution in [0.5, 0.6) is 0 Å². The Morgan fingerprint density at radius 2 is 1.80 bits per heavy atom. The third kappa shape index (κ3) is 2.62. The highest BCUT2D eigenvalue weighted by Gasteiger charge is 2.28. The SMILES string of the molecule is CCN(c1ccc(F)cc1)S(=O)(=O)c1ncccc1F. The van der Waals surface area contributed by atoms with E-state index in [1.165, 1.54) is 24.4 Å². The van der Waals surface area contributed by atoms with Crippen molar-refractivity contribution < 1.29 is 17.2 Å². The van der Waals surface area contributed by atoms with E-state index >= 15 is 0 Å². The molecule has 0 radical (unpaired) electrons. The van der Waals surface area contributed by atoms with Crippen molar-refractivity contribution in [3.63, 3.8) is 0 Å². The fourth-order valence-corrected chi connectivity index (χ4v) is 3.22. The second-order valence-electron chi connectivity index (χ2n) is 3.94. The van der Waals surface area contributed by atoms with Crippen LogP contribution >= 0.6 is 0 Å². The van der Waals surface area contributed by atoms with Gasteiger partial charge in [0.1, 0.15) is 5.82 Å². The van der Waals surface area contributed by atoms with E-state index in [0.717, 1.165) is 22.5 Å². The highest BCUT2D eigenvalue weighted by atomic mass is 32.2. The van der Waals surface area contributed by atoms with Crippen molar-refractivity contribution in [2.24, 2.45) is 0 Å². The Balaban J connectivity index is 2.51. The predicted octanol–water partition coefficient (Wildman–Crippen LogP) is 2.58. The van der Waals surface area contributed by atoms with Crippen LogP contribution in [0.1, 0.15) is 6.92 Å². The van der Waals surface area contributed by atoms with Gasteiger partial charge in [0, 0.05) is 12.7 Å². The fraction of sp³-hybridized carbons (Fsp3) is 0.154. The van der Waals surface area contributed by atoms with E-state index in [1.807, 2.05) is 0 Å². The van der Waals surface area contributed by atoms with Crippen molar-refractivity contribution in [3.05, 3.63) is 54.2 Å². The van der Waals surface area contributed by atoms with Crippen LogP contribution in [0.15, 0.2) is 47.6 Å². The van der Waals surface area contributed by atoms with E-state index in [0.29, 0.717) is 0 Å². The summed E-state index contributed by atoms with van der Waals surface area (Å²) in [5.74, 6) is -1.40. The zero-order valence-corrected chi connectivity index (χ0v) is 11.4. The molecule has 0 N–H and O–H groups in total. The minimum Gasteiger partial charge on any atom is -0.265 e. The molecule has 106 valence electrons. The van der Waals surface area contributed by atoms with Crippen LogP contribution in [0.2, 0.25) is 0 Å². The van der Waals surface area contributed by atoms with E-state index in [9.17, 15) is 17.2 Å². The average Bonchev–Trinajstić information content (AvgIpc) is 2.42. The molecule has 0 saturated heterocycles. The van der Waals surface area contributed by atoms with Gasteiger partial charge in [0.25, 0.3) is 10.0 Å². The first-order chi connectivity index (χ1) is 9.46. The highest BCUT2D eigenvalue weighted by Crippen LogP contribution is 2.23. The van der Waals surface area contributed by atoms with Crippen LogP contribution in [0, 0.1) is 11.6 Å². The lowest BCUT2D eigenvalue weighted by atomic mass is 10.3. The summed E-state index contributed by atoms with van der Waals surface area (Å²) >= 11 is 0. The van der Waals surface area contributed by atoms with Crippen molar-refractivity contribution >= 4 is 15.7 Å². The molecule has 0 amide bonds. The second-order valence-corrected chi connectivity index (χ2v) is 5.71. The number of aromatic nitrogens is 1. The number of rotatable bonds is 4. The van der Waals surface area contributed by atoms with Gasteiger partial charge in [0.05, 0.1) is 5.69 Å². The second kappa shape index (κ2) is 5.54. The molecule has 0 aliphatic rings. The van der Waals surface area contributed by atoms with Gasteiger partial charge in [-0.1, -0.05) is 0 Å². The lowest BCUT2D eigenvalue weighted by Crippen LogP contribution is -2.32. The molecule has 1 aromatic carbocycles. The molecule has 1 aromatic heterocycles. The first-order valence-corrected chi connectivity index (χ1v) is 7.29. The zero-order valence-electron chi connectivity index (χ0n) is 10.6. The van der Waals surface area contributed by atoms with Gasteiger partial charge in [-0.15, -0.1) is 0 Å². The third-order valence-corrected chi connectivity index (χ3v) is 4.50. The minimum absolute atomic E-state index is 0.0734. The molecule has 1 heterocycles. The fourth-order valence-electron chi connectivity index (χ4n) is 1.76. The molecule has 0 fully saturated rings. The molecule has 0 aliphatic heterocycles. The summed E-state index contributed by atoms with van der Waals surface area (Å²) in [6.45, 7) is 1.67. The van der Waals surface area contributed by atoms with Crippen LogP contribution in [0.25, 0.3) is 0 Å². The molecule has 2 aromatic rings. The Kier molecular flexibility index (Phi) is 3.99. The molecule has 0 atom stereocenters. The zero-order chi connectivity index (χ0) is 14.8. The average molecular weight is 298 g/mol. The summed E-state index contributed by atoms with van der Waals surface area (Å²) in [5.41, 5.74) is 0.249. The smallest absolute Gasteiger partial charge is 0.265 e. The van der Waals surface area contributed by atoms with E-state index in [-0.39, 0.29) is 12.2 Å². The van der Waals surface area contributed by atoms with Crippen LogP contribution in [0.4, 0.5) is 14.5 Å². The van der Waals surface area contributed by atoms with Crippen LogP contribution in [-0.2, 0) is 10.0 Å². The number of pyridine rings is 1. The number of hydrogen-bond donors (Lipinski definition) is 0. The van der Waals surface area contributed by atoms with E-state index in [4.69, 9.17) is 0 Å². The Labute approximate surface area is 115 Å². The summed E-state index contributed by atoms with van der Waals surface area (Å²) < 4.78 is 52.3. The number of halogens is 2. The summed E-state index contributed by atoms with van der Waals surface area (Å²) in [7, 11) is -4.12. The maximum absolute atomic E-state index is 13.6. The molecular formula is C13H12F2N2O2S. The lowest BCUT2D eigenvalue weighted by Gasteiger charge is -2.22. The van der Waals surface area contributed by atoms with Crippen molar-refractivity contribution in [1.29, 1.82) is 0 Å². The normalized spacial score (nSPS) is 11.3. The van der Waals surface area contributed by atoms with Gasteiger partial charge in [-0.2, -0.15) is 8.42 Å². The molecule has 2 rings (SSSR count). The summed E-state index contributed by atoms with van der Waals surface area (Å²) in [6, 6.07) is 7.25. The third-order valence-electron chi connectivity index (χ3n) is 2.66. The molecule has 0 aliphatic carbocycles. The number of hydrogen-bond acceptors (Lipinski definition) is 3. The van der Waals surface area contributed by atoms with Gasteiger partial charge in [0.15, 0.2) is 5.82 Å². The van der Waals surface area contributed by atoms with Crippen molar-refractivity contribution in [2.75, 3.05) is 10.8 Å². The Hall–Kier alpha value is -2.02. The van der Waals surface area contributed by atoms with Gasteiger partial charge in [-0.25, -0.2) is 13.8 Å². The standard InChI is InChI=1S/C13H12F2N2O2S/c1-2-17(11-7-5-10(14)6-8-11)20(18,19)13-12(15)4-3-9-16-13/h3-9H,2H2,1H3. The van der Waals surface area contributed by atoms with Gasteiger partial charge in [-0.05, 0) is 43.3 Å². The topological polar surface area (TPSA) is 50.3 Å². The predicted molar refractivity (Wildman–Crippen MR) is 70.8 cm³/mol. The first kappa shape index (κ1) is 14.4. The largest absolute Gasteiger partial charge is 0.284 e. The van der Waals surface area contributed by atoms with Crippen molar-refractivity contribution in [1.82, 2.24) is 4.98 Å². The Bertz CT molecular complexity index is 703. The molecule has 20 heavy (non-hydrogen) atoms. The molecule has 0 unspecified atom stereocenters. The quantitative estimate of drug-likeness (QED) is 0.871. The van der Waals surface area contributed by atoms with E-state index in [1.54, 1.807) is 6.92 Å². The molecule has 4 nitrogen and oxygen atoms in total. The number of nitrogens with zero attached hydrogens (tertiary/aromatic N) is 2. The van der Waals surface area contributed by atoms with E-state index in [2.05, 4.69) is 4.98 Å². The van der Waals surface area contributed by atoms with Crippen LogP contribution < -0.4 is 4.31 Å². The van der Waals surface area contributed by atoms with Gasteiger partial charge >= 0.3 is 0 Å². The molecule has 7 heteroatoms. The van der Waals surface area contributed by atoms with Crippen LogP contribution in [-0.4, -0.2) is 19.9 Å². The molecule has 0 spiro atoms. The minimum atomic E-state index is -4.12. The number of benzene rings is 1. The first-order valence-electron chi connectivity index (χ1n) is 5.85. The maximum atomic E-state index is 13.6. The summed E-state index contributed by atoms with van der Waals surface area (Å²) in [6.07, 6.45) is 1.20. The highest BCUT2D eigenvalue weighted by molar-refractivity contribution is 7.92. The molecule has 0 bridgehead atoms.